The van der Waals surface area contributed by atoms with Gasteiger partial charge in [0.2, 0.25) is 0 Å². The van der Waals surface area contributed by atoms with E-state index < -0.39 is 46.4 Å². The van der Waals surface area contributed by atoms with Gasteiger partial charge in [0.05, 0.1) is 36.1 Å². The van der Waals surface area contributed by atoms with Crippen LogP contribution < -0.4 is 0 Å². The highest BCUT2D eigenvalue weighted by Gasteiger charge is 2.80. The number of aliphatic hydroxyl groups excluding tert-OH is 2. The molecule has 3 N–H and O–H groups in total. The van der Waals surface area contributed by atoms with Crippen molar-refractivity contribution in [3.8, 4) is 0 Å². The first-order valence-corrected chi connectivity index (χ1v) is 10.0. The van der Waals surface area contributed by atoms with Gasteiger partial charge >= 0.3 is 0 Å². The maximum Gasteiger partial charge on any atom is 0.131 e. The summed E-state index contributed by atoms with van der Waals surface area (Å²) >= 11 is 0. The van der Waals surface area contributed by atoms with Crippen LogP contribution in [0.2, 0.25) is 0 Å². The van der Waals surface area contributed by atoms with Gasteiger partial charge in [0.25, 0.3) is 0 Å². The third-order valence-electron chi connectivity index (χ3n) is 7.57. The van der Waals surface area contributed by atoms with Gasteiger partial charge in [0, 0.05) is 11.3 Å². The van der Waals surface area contributed by atoms with E-state index in [-0.39, 0.29) is 0 Å². The van der Waals surface area contributed by atoms with Gasteiger partial charge in [-0.15, -0.1) is 0 Å². The molecule has 1 aliphatic heterocycles. The molecule has 0 radical (unpaired) electrons. The topological polar surface area (TPSA) is 79.2 Å². The van der Waals surface area contributed by atoms with Crippen molar-refractivity contribution < 1.29 is 24.8 Å². The molecule has 2 aliphatic carbocycles. The van der Waals surface area contributed by atoms with Crippen molar-refractivity contribution in [3.05, 3.63) is 35.9 Å². The Bertz CT molecular complexity index is 702. The molecule has 150 valence electrons. The molecule has 0 amide bonds. The van der Waals surface area contributed by atoms with Crippen molar-refractivity contribution in [1.82, 2.24) is 0 Å². The first-order valence-electron chi connectivity index (χ1n) is 10.0. The molecule has 1 spiro atoms. The number of hydrogen-bond acceptors (Lipinski definition) is 5. The highest BCUT2D eigenvalue weighted by atomic mass is 16.6. The molecule has 2 bridgehead atoms. The minimum absolute atomic E-state index is 0.375. The van der Waals surface area contributed by atoms with Crippen LogP contribution in [0.25, 0.3) is 0 Å². The molecule has 4 rings (SSSR count). The highest BCUT2D eigenvalue weighted by molar-refractivity contribution is 5.29. The van der Waals surface area contributed by atoms with Gasteiger partial charge in [-0.3, -0.25) is 0 Å². The average Bonchev–Trinajstić information content (AvgIpc) is 2.77. The van der Waals surface area contributed by atoms with Crippen molar-refractivity contribution >= 4 is 0 Å². The number of hydrogen-bond donors (Lipinski definition) is 3. The largest absolute Gasteiger partial charge is 0.390 e. The summed E-state index contributed by atoms with van der Waals surface area (Å²) in [4.78, 5) is 0. The molecule has 5 nitrogen and oxygen atoms in total. The SMILES string of the molecule is CC1(C)OC23C(O)C1C(O)C(OCc1ccccc1)C2(C)CCCC3(C)O. The summed E-state index contributed by atoms with van der Waals surface area (Å²) < 4.78 is 12.8. The van der Waals surface area contributed by atoms with Crippen molar-refractivity contribution in [2.24, 2.45) is 11.3 Å². The van der Waals surface area contributed by atoms with Crippen molar-refractivity contribution in [3.63, 3.8) is 0 Å². The lowest BCUT2D eigenvalue weighted by Gasteiger charge is -2.63. The van der Waals surface area contributed by atoms with Crippen LogP contribution in [-0.4, -0.2) is 50.4 Å². The maximum absolute atomic E-state index is 11.4. The second kappa shape index (κ2) is 6.01. The lowest BCUT2D eigenvalue weighted by molar-refractivity contribution is -0.318. The van der Waals surface area contributed by atoms with E-state index in [4.69, 9.17) is 9.47 Å². The summed E-state index contributed by atoms with van der Waals surface area (Å²) in [7, 11) is 0. The summed E-state index contributed by atoms with van der Waals surface area (Å²) in [5, 5.41) is 33.9. The van der Waals surface area contributed by atoms with Crippen LogP contribution in [0, 0.1) is 11.3 Å². The van der Waals surface area contributed by atoms with Gasteiger partial charge in [-0.25, -0.2) is 0 Å². The first-order chi connectivity index (χ1) is 12.6. The summed E-state index contributed by atoms with van der Waals surface area (Å²) in [6, 6.07) is 9.87. The van der Waals surface area contributed by atoms with E-state index in [9.17, 15) is 15.3 Å². The second-order valence-corrected chi connectivity index (χ2v) is 9.66. The molecule has 1 saturated heterocycles. The highest BCUT2D eigenvalue weighted by Crippen LogP contribution is 2.67. The smallest absolute Gasteiger partial charge is 0.131 e. The van der Waals surface area contributed by atoms with Crippen LogP contribution in [-0.2, 0) is 16.1 Å². The Balaban J connectivity index is 1.77. The van der Waals surface area contributed by atoms with Crippen molar-refractivity contribution in [2.45, 2.75) is 88.7 Å². The number of benzene rings is 1. The molecule has 1 heterocycles. The number of rotatable bonds is 3. The van der Waals surface area contributed by atoms with Gasteiger partial charge in [-0.05, 0) is 45.6 Å². The molecule has 2 saturated carbocycles. The van der Waals surface area contributed by atoms with Crippen LogP contribution in [0.4, 0.5) is 0 Å². The zero-order chi connectivity index (χ0) is 19.7. The molecule has 1 aromatic carbocycles. The summed E-state index contributed by atoms with van der Waals surface area (Å²) in [5.74, 6) is -0.518. The normalized spacial score (nSPS) is 48.3. The molecule has 0 aromatic heterocycles. The lowest BCUT2D eigenvalue weighted by atomic mass is 9.48. The fraction of sp³-hybridized carbons (Fsp3) is 0.727. The predicted octanol–water partition coefficient (Wildman–Crippen LogP) is 2.41. The number of ether oxygens (including phenoxy) is 2. The quantitative estimate of drug-likeness (QED) is 0.755. The summed E-state index contributed by atoms with van der Waals surface area (Å²) in [5.41, 5.74) is -2.78. The Hall–Kier alpha value is -0.980. The van der Waals surface area contributed by atoms with E-state index in [0.717, 1.165) is 18.4 Å². The molecule has 3 aliphatic rings. The molecule has 5 heteroatoms. The Morgan fingerprint density at radius 1 is 1.07 bits per heavy atom. The first kappa shape index (κ1) is 19.3. The molecule has 1 aromatic rings. The molecule has 7 atom stereocenters. The monoisotopic (exact) mass is 376 g/mol. The van der Waals surface area contributed by atoms with Gasteiger partial charge in [-0.2, -0.15) is 0 Å². The zero-order valence-electron chi connectivity index (χ0n) is 16.7. The van der Waals surface area contributed by atoms with Gasteiger partial charge in [-0.1, -0.05) is 37.3 Å². The predicted molar refractivity (Wildman–Crippen MR) is 101 cm³/mol. The average molecular weight is 376 g/mol. The van der Waals surface area contributed by atoms with E-state index in [2.05, 4.69) is 0 Å². The fourth-order valence-electron chi connectivity index (χ4n) is 6.41. The standard InChI is InChI=1S/C22H32O5/c1-19(2)15-16(23)18(26-13-14-9-6-5-7-10-14)20(3)11-8-12-21(4,25)22(20,27-19)17(15)24/h5-7,9-10,15-18,23-25H,8,11-13H2,1-4H3. The van der Waals surface area contributed by atoms with E-state index in [1.807, 2.05) is 51.1 Å². The second-order valence-electron chi connectivity index (χ2n) is 9.66. The molecule has 27 heavy (non-hydrogen) atoms. The lowest BCUT2D eigenvalue weighted by Crippen LogP contribution is -2.77. The molecule has 3 fully saturated rings. The van der Waals surface area contributed by atoms with E-state index in [0.29, 0.717) is 13.0 Å². The minimum atomic E-state index is -1.19. The molecule has 7 unspecified atom stereocenters. The molecular weight excluding hydrogens is 344 g/mol. The Morgan fingerprint density at radius 2 is 1.74 bits per heavy atom. The van der Waals surface area contributed by atoms with Crippen LogP contribution >= 0.6 is 0 Å². The van der Waals surface area contributed by atoms with Crippen LogP contribution in [0.3, 0.4) is 0 Å². The Labute approximate surface area is 161 Å². The zero-order valence-corrected chi connectivity index (χ0v) is 16.7. The summed E-state index contributed by atoms with van der Waals surface area (Å²) in [6.07, 6.45) is -0.263. The van der Waals surface area contributed by atoms with E-state index >= 15 is 0 Å². The molecular formula is C22H32O5. The van der Waals surface area contributed by atoms with Crippen LogP contribution in [0.1, 0.15) is 52.5 Å². The third-order valence-corrected chi connectivity index (χ3v) is 7.57. The fourth-order valence-corrected chi connectivity index (χ4v) is 6.41. The Morgan fingerprint density at radius 3 is 2.41 bits per heavy atom. The third kappa shape index (κ3) is 2.42. The summed E-state index contributed by atoms with van der Waals surface area (Å²) in [6.45, 7) is 7.92. The Kier molecular flexibility index (Phi) is 4.30. The number of fused-ring (bicyclic) bond motifs is 1. The van der Waals surface area contributed by atoms with Gasteiger partial charge < -0.3 is 24.8 Å². The van der Waals surface area contributed by atoms with Crippen molar-refractivity contribution in [2.75, 3.05) is 0 Å². The number of aliphatic hydroxyl groups is 3. The minimum Gasteiger partial charge on any atom is -0.390 e. The van der Waals surface area contributed by atoms with E-state index in [1.54, 1.807) is 6.92 Å². The van der Waals surface area contributed by atoms with Crippen LogP contribution in [0.5, 0.6) is 0 Å². The van der Waals surface area contributed by atoms with Gasteiger partial charge in [0.15, 0.2) is 0 Å². The van der Waals surface area contributed by atoms with Gasteiger partial charge in [0.1, 0.15) is 5.60 Å². The van der Waals surface area contributed by atoms with Crippen LogP contribution in [0.15, 0.2) is 30.3 Å². The maximum atomic E-state index is 11.4. The van der Waals surface area contributed by atoms with Crippen molar-refractivity contribution in [1.29, 1.82) is 0 Å². The van der Waals surface area contributed by atoms with E-state index in [1.165, 1.54) is 0 Å².